The maximum absolute atomic E-state index is 12.4. The number of nitrogens with zero attached hydrogens (tertiary/aromatic N) is 2. The van der Waals surface area contributed by atoms with E-state index < -0.39 is 27.4 Å². The van der Waals surface area contributed by atoms with Gasteiger partial charge in [-0.1, -0.05) is 12.1 Å². The van der Waals surface area contributed by atoms with E-state index in [0.29, 0.717) is 19.4 Å². The number of sulfonamides is 1. The fourth-order valence-electron chi connectivity index (χ4n) is 2.90. The maximum atomic E-state index is 12.4. The Hall–Kier alpha value is -3.34. The molecule has 2 aromatic rings. The molecule has 10 nitrogen and oxygen atoms in total. The Labute approximate surface area is 181 Å². The van der Waals surface area contributed by atoms with E-state index >= 15 is 0 Å². The molecule has 2 aromatic carbocycles. The molecule has 0 aromatic heterocycles. The van der Waals surface area contributed by atoms with Gasteiger partial charge in [0.1, 0.15) is 23.7 Å². The number of carbonyl (C=O) groups excluding carboxylic acids is 1. The van der Waals surface area contributed by atoms with Crippen LogP contribution in [0.2, 0.25) is 0 Å². The largest absolute Gasteiger partial charge is 0.497 e. The van der Waals surface area contributed by atoms with Gasteiger partial charge < -0.3 is 14.8 Å². The summed E-state index contributed by atoms with van der Waals surface area (Å²) in [5.74, 6) is 0.308. The van der Waals surface area contributed by atoms with Gasteiger partial charge in [-0.3, -0.25) is 19.2 Å². The second-order valence-electron chi connectivity index (χ2n) is 6.69. The number of carbonyl (C=O) groups is 1. The van der Waals surface area contributed by atoms with Crippen LogP contribution in [0.25, 0.3) is 0 Å². The average Bonchev–Trinajstić information content (AvgIpc) is 2.74. The molecule has 31 heavy (non-hydrogen) atoms. The zero-order chi connectivity index (χ0) is 23.0. The SMILES string of the molecule is COc1cccc(CCCNC(=O)CN(c2cc([N+](=O)[O-])ccc2OC)S(C)(=O)=O)c1. The zero-order valence-corrected chi connectivity index (χ0v) is 18.3. The first-order valence-electron chi connectivity index (χ1n) is 9.35. The van der Waals surface area contributed by atoms with Gasteiger partial charge >= 0.3 is 0 Å². The number of methoxy groups -OCH3 is 2. The highest BCUT2D eigenvalue weighted by Crippen LogP contribution is 2.33. The van der Waals surface area contributed by atoms with Crippen LogP contribution >= 0.6 is 0 Å². The summed E-state index contributed by atoms with van der Waals surface area (Å²) in [5, 5.41) is 13.8. The van der Waals surface area contributed by atoms with E-state index in [0.717, 1.165) is 27.9 Å². The van der Waals surface area contributed by atoms with Crippen molar-refractivity contribution < 1.29 is 27.6 Å². The van der Waals surface area contributed by atoms with E-state index in [4.69, 9.17) is 9.47 Å². The highest BCUT2D eigenvalue weighted by atomic mass is 32.2. The minimum absolute atomic E-state index is 0.0780. The molecule has 0 saturated carbocycles. The van der Waals surface area contributed by atoms with E-state index in [-0.39, 0.29) is 17.1 Å². The van der Waals surface area contributed by atoms with E-state index in [1.54, 1.807) is 7.11 Å². The molecule has 0 saturated heterocycles. The molecule has 0 aliphatic rings. The molecule has 1 N–H and O–H groups in total. The lowest BCUT2D eigenvalue weighted by molar-refractivity contribution is -0.384. The Kier molecular flexibility index (Phi) is 8.20. The number of anilines is 1. The van der Waals surface area contributed by atoms with Gasteiger partial charge in [-0.05, 0) is 36.6 Å². The second kappa shape index (κ2) is 10.6. The van der Waals surface area contributed by atoms with Crippen molar-refractivity contribution in [1.82, 2.24) is 5.32 Å². The van der Waals surface area contributed by atoms with Gasteiger partial charge in [-0.15, -0.1) is 0 Å². The van der Waals surface area contributed by atoms with Crippen molar-refractivity contribution in [3.63, 3.8) is 0 Å². The lowest BCUT2D eigenvalue weighted by Crippen LogP contribution is -2.40. The number of aryl methyl sites for hydroxylation is 1. The summed E-state index contributed by atoms with van der Waals surface area (Å²) in [5.41, 5.74) is 0.654. The first-order chi connectivity index (χ1) is 14.7. The lowest BCUT2D eigenvalue weighted by atomic mass is 10.1. The summed E-state index contributed by atoms with van der Waals surface area (Å²) < 4.78 is 35.7. The van der Waals surface area contributed by atoms with Gasteiger partial charge in [0.25, 0.3) is 5.69 Å². The van der Waals surface area contributed by atoms with Gasteiger partial charge in [0.15, 0.2) is 0 Å². The number of ether oxygens (including phenoxy) is 2. The average molecular weight is 452 g/mol. The Morgan fingerprint density at radius 1 is 1.16 bits per heavy atom. The number of nitro groups is 1. The fraction of sp³-hybridized carbons (Fsp3) is 0.350. The van der Waals surface area contributed by atoms with Crippen molar-refractivity contribution in [1.29, 1.82) is 0 Å². The van der Waals surface area contributed by atoms with E-state index in [9.17, 15) is 23.3 Å². The van der Waals surface area contributed by atoms with Crippen molar-refractivity contribution in [3.05, 3.63) is 58.1 Å². The highest BCUT2D eigenvalue weighted by Gasteiger charge is 2.26. The third-order valence-corrected chi connectivity index (χ3v) is 5.55. The number of hydrogen-bond donors (Lipinski definition) is 1. The first kappa shape index (κ1) is 23.9. The number of benzene rings is 2. The standard InChI is InChI=1S/C20H25N3O7S/c1-29-17-8-4-6-15(12-17)7-5-11-21-20(24)14-22(31(3,27)28)18-13-16(23(25)26)9-10-19(18)30-2/h4,6,8-10,12-13H,5,7,11,14H2,1-3H3,(H,21,24). The molecule has 168 valence electrons. The van der Waals surface area contributed by atoms with E-state index in [2.05, 4.69) is 5.32 Å². The maximum Gasteiger partial charge on any atom is 0.271 e. The molecular weight excluding hydrogens is 426 g/mol. The van der Waals surface area contributed by atoms with Crippen LogP contribution in [0.3, 0.4) is 0 Å². The van der Waals surface area contributed by atoms with Crippen molar-refractivity contribution in [2.75, 3.05) is 37.9 Å². The lowest BCUT2D eigenvalue weighted by Gasteiger charge is -2.23. The smallest absolute Gasteiger partial charge is 0.271 e. The van der Waals surface area contributed by atoms with Gasteiger partial charge in [-0.25, -0.2) is 8.42 Å². The second-order valence-corrected chi connectivity index (χ2v) is 8.59. The van der Waals surface area contributed by atoms with Crippen molar-refractivity contribution in [2.24, 2.45) is 0 Å². The van der Waals surface area contributed by atoms with Crippen molar-refractivity contribution in [2.45, 2.75) is 12.8 Å². The molecule has 0 aliphatic heterocycles. The summed E-state index contributed by atoms with van der Waals surface area (Å²) in [6.45, 7) is -0.199. The summed E-state index contributed by atoms with van der Waals surface area (Å²) in [6.07, 6.45) is 2.26. The van der Waals surface area contributed by atoms with Gasteiger partial charge in [0, 0.05) is 18.7 Å². The van der Waals surface area contributed by atoms with Gasteiger partial charge in [0.2, 0.25) is 15.9 Å². The first-order valence-corrected chi connectivity index (χ1v) is 11.2. The zero-order valence-electron chi connectivity index (χ0n) is 17.5. The van der Waals surface area contributed by atoms with Crippen LogP contribution in [0.1, 0.15) is 12.0 Å². The monoisotopic (exact) mass is 451 g/mol. The normalized spacial score (nSPS) is 10.9. The third-order valence-electron chi connectivity index (χ3n) is 4.43. The quantitative estimate of drug-likeness (QED) is 0.315. The molecule has 0 radical (unpaired) electrons. The Balaban J connectivity index is 2.05. The number of nitrogens with one attached hydrogen (secondary N) is 1. The fourth-order valence-corrected chi connectivity index (χ4v) is 3.75. The molecule has 0 aliphatic carbocycles. The van der Waals surface area contributed by atoms with Gasteiger partial charge in [0.05, 0.1) is 25.4 Å². The van der Waals surface area contributed by atoms with Crippen molar-refractivity contribution >= 4 is 27.3 Å². The van der Waals surface area contributed by atoms with Crippen molar-refractivity contribution in [3.8, 4) is 11.5 Å². The molecule has 0 heterocycles. The van der Waals surface area contributed by atoms with Crippen LogP contribution in [-0.4, -0.2) is 52.8 Å². The highest BCUT2D eigenvalue weighted by molar-refractivity contribution is 7.92. The molecule has 0 spiro atoms. The van der Waals surface area contributed by atoms with Crippen LogP contribution in [-0.2, 0) is 21.2 Å². The number of hydrogen-bond acceptors (Lipinski definition) is 7. The predicted molar refractivity (Wildman–Crippen MR) is 116 cm³/mol. The topological polar surface area (TPSA) is 128 Å². The van der Waals surface area contributed by atoms with Crippen LogP contribution in [0.15, 0.2) is 42.5 Å². The molecule has 0 fully saturated rings. The van der Waals surface area contributed by atoms with Gasteiger partial charge in [-0.2, -0.15) is 0 Å². The molecule has 0 atom stereocenters. The number of amides is 1. The number of nitro benzene ring substituents is 1. The minimum atomic E-state index is -3.91. The Morgan fingerprint density at radius 2 is 1.90 bits per heavy atom. The molecule has 0 unspecified atom stereocenters. The Bertz CT molecular complexity index is 1040. The number of non-ortho nitro benzene ring substituents is 1. The van der Waals surface area contributed by atoms with Crippen LogP contribution in [0, 0.1) is 10.1 Å². The third kappa shape index (κ3) is 6.85. The Morgan fingerprint density at radius 3 is 2.52 bits per heavy atom. The van der Waals surface area contributed by atoms with Crippen LogP contribution < -0.4 is 19.1 Å². The number of rotatable bonds is 11. The molecule has 2 rings (SSSR count). The van der Waals surface area contributed by atoms with Crippen LogP contribution in [0.4, 0.5) is 11.4 Å². The predicted octanol–water partition coefficient (Wildman–Crippen LogP) is 2.13. The summed E-state index contributed by atoms with van der Waals surface area (Å²) >= 11 is 0. The summed E-state index contributed by atoms with van der Waals surface area (Å²) in [6, 6.07) is 11.1. The summed E-state index contributed by atoms with van der Waals surface area (Å²) in [7, 11) is -1.02. The van der Waals surface area contributed by atoms with Crippen LogP contribution in [0.5, 0.6) is 11.5 Å². The van der Waals surface area contributed by atoms with E-state index in [1.807, 2.05) is 24.3 Å². The van der Waals surface area contributed by atoms with E-state index in [1.165, 1.54) is 19.2 Å². The minimum Gasteiger partial charge on any atom is -0.497 e. The molecule has 11 heteroatoms. The molecule has 1 amide bonds. The molecule has 0 bridgehead atoms. The summed E-state index contributed by atoms with van der Waals surface area (Å²) in [4.78, 5) is 22.8. The molecular formula is C20H25N3O7S.